The van der Waals surface area contributed by atoms with E-state index in [9.17, 15) is 14.4 Å². The van der Waals surface area contributed by atoms with E-state index in [1.54, 1.807) is 27.7 Å². The van der Waals surface area contributed by atoms with Crippen molar-refractivity contribution in [1.29, 1.82) is 0 Å². The van der Waals surface area contributed by atoms with Crippen LogP contribution in [0.25, 0.3) is 0 Å². The minimum Gasteiger partial charge on any atom is -0.444 e. The Hall–Kier alpha value is -1.63. The molecule has 148 valence electrons. The molecule has 2 fully saturated rings. The van der Waals surface area contributed by atoms with E-state index < -0.39 is 23.8 Å². The molecule has 2 N–H and O–H groups in total. The topological polar surface area (TPSA) is 93.7 Å². The van der Waals surface area contributed by atoms with Crippen molar-refractivity contribution in [3.05, 3.63) is 0 Å². The third kappa shape index (κ3) is 6.27. The number of carbonyl (C=O) groups is 3. The molecule has 1 heterocycles. The first-order valence-corrected chi connectivity index (χ1v) is 9.60. The molecule has 2 aliphatic rings. The fourth-order valence-corrected chi connectivity index (χ4v) is 3.55. The monoisotopic (exact) mass is 368 g/mol. The number of rotatable bonds is 5. The number of alkyl carbamates (subject to hydrolysis) is 1. The van der Waals surface area contributed by atoms with Gasteiger partial charge in [-0.05, 0) is 40.0 Å². The predicted molar refractivity (Wildman–Crippen MR) is 96.7 cm³/mol. The van der Waals surface area contributed by atoms with Crippen LogP contribution >= 0.6 is 0 Å². The maximum atomic E-state index is 12.8. The molecule has 3 unspecified atom stereocenters. The molecule has 0 aromatic carbocycles. The fraction of sp³-hybridized carbons (Fsp3) is 0.842. The summed E-state index contributed by atoms with van der Waals surface area (Å²) in [5.41, 5.74) is -0.639. The molecular formula is C19H32N2O5. The third-order valence-electron chi connectivity index (χ3n) is 4.90. The predicted octanol–water partition coefficient (Wildman–Crippen LogP) is 2.32. The standard InChI is InChI=1S/C19H32N2O5/c1-12-16(15(22)11-25-12)21-17(23)14(10-13-8-6-5-7-9-13)20-18(24)26-19(2,3)4/h12-14,16H,5-11H2,1-4H3,(H,20,24)(H,21,23). The first-order valence-electron chi connectivity index (χ1n) is 9.60. The van der Waals surface area contributed by atoms with Crippen molar-refractivity contribution >= 4 is 17.8 Å². The molecule has 1 aliphatic carbocycles. The maximum absolute atomic E-state index is 12.8. The molecule has 7 heteroatoms. The van der Waals surface area contributed by atoms with E-state index in [4.69, 9.17) is 9.47 Å². The third-order valence-corrected chi connectivity index (χ3v) is 4.90. The van der Waals surface area contributed by atoms with Crippen LogP contribution in [0, 0.1) is 5.92 Å². The molecule has 0 bridgehead atoms. The van der Waals surface area contributed by atoms with Crippen LogP contribution in [-0.4, -0.2) is 48.2 Å². The van der Waals surface area contributed by atoms with Gasteiger partial charge in [-0.1, -0.05) is 32.1 Å². The van der Waals surface area contributed by atoms with E-state index in [-0.39, 0.29) is 24.4 Å². The first kappa shape index (κ1) is 20.7. The average Bonchev–Trinajstić information content (AvgIpc) is 2.85. The van der Waals surface area contributed by atoms with Crippen LogP contribution in [-0.2, 0) is 19.1 Å². The number of ether oxygens (including phenoxy) is 2. The highest BCUT2D eigenvalue weighted by Crippen LogP contribution is 2.27. The van der Waals surface area contributed by atoms with Gasteiger partial charge in [0.05, 0.1) is 6.10 Å². The van der Waals surface area contributed by atoms with E-state index >= 15 is 0 Å². The Kier molecular flexibility index (Phi) is 7.03. The highest BCUT2D eigenvalue weighted by atomic mass is 16.6. The van der Waals surface area contributed by atoms with Gasteiger partial charge < -0.3 is 20.1 Å². The van der Waals surface area contributed by atoms with Gasteiger partial charge in [0.2, 0.25) is 5.91 Å². The largest absolute Gasteiger partial charge is 0.444 e. The number of hydrogen-bond donors (Lipinski definition) is 2. The zero-order chi connectivity index (χ0) is 19.3. The van der Waals surface area contributed by atoms with Gasteiger partial charge in [0.1, 0.15) is 24.3 Å². The van der Waals surface area contributed by atoms with Crippen molar-refractivity contribution in [2.45, 2.75) is 90.0 Å². The second kappa shape index (κ2) is 8.84. The lowest BCUT2D eigenvalue weighted by molar-refractivity contribution is -0.128. The Bertz CT molecular complexity index is 523. The number of hydrogen-bond acceptors (Lipinski definition) is 5. The highest BCUT2D eigenvalue weighted by Gasteiger charge is 2.36. The summed E-state index contributed by atoms with van der Waals surface area (Å²) in [4.78, 5) is 36.8. The molecule has 2 rings (SSSR count). The number of Topliss-reactive ketones (excluding diaryl/α,β-unsaturated/α-hetero) is 1. The second-order valence-corrected chi connectivity index (χ2v) is 8.41. The lowest BCUT2D eigenvalue weighted by Gasteiger charge is -2.28. The van der Waals surface area contributed by atoms with Crippen LogP contribution in [0.1, 0.15) is 66.2 Å². The molecule has 0 aromatic heterocycles. The van der Waals surface area contributed by atoms with E-state index in [0.717, 1.165) is 25.7 Å². The normalized spacial score (nSPS) is 25.6. The molecule has 1 saturated carbocycles. The van der Waals surface area contributed by atoms with Gasteiger partial charge in [-0.3, -0.25) is 9.59 Å². The van der Waals surface area contributed by atoms with E-state index in [1.807, 2.05) is 0 Å². The minimum atomic E-state index is -0.714. The molecule has 7 nitrogen and oxygen atoms in total. The van der Waals surface area contributed by atoms with Crippen molar-refractivity contribution in [3.8, 4) is 0 Å². The van der Waals surface area contributed by atoms with Gasteiger partial charge in [0.25, 0.3) is 0 Å². The van der Waals surface area contributed by atoms with Gasteiger partial charge >= 0.3 is 6.09 Å². The quantitative estimate of drug-likeness (QED) is 0.777. The summed E-state index contributed by atoms with van der Waals surface area (Å²) in [6.07, 6.45) is 5.22. The minimum absolute atomic E-state index is 0.0128. The van der Waals surface area contributed by atoms with Crippen molar-refractivity contribution in [3.63, 3.8) is 0 Å². The van der Waals surface area contributed by atoms with Crippen molar-refractivity contribution in [2.75, 3.05) is 6.61 Å². The van der Waals surface area contributed by atoms with Crippen LogP contribution in [0.3, 0.4) is 0 Å². The Balaban J connectivity index is 2.01. The summed E-state index contributed by atoms with van der Waals surface area (Å²) in [6.45, 7) is 7.10. The fourth-order valence-electron chi connectivity index (χ4n) is 3.55. The smallest absolute Gasteiger partial charge is 0.408 e. The number of nitrogens with one attached hydrogen (secondary N) is 2. The van der Waals surface area contributed by atoms with Gasteiger partial charge in [-0.15, -0.1) is 0 Å². The zero-order valence-corrected chi connectivity index (χ0v) is 16.3. The van der Waals surface area contributed by atoms with E-state index in [1.165, 1.54) is 6.42 Å². The van der Waals surface area contributed by atoms with Gasteiger partial charge in [0, 0.05) is 0 Å². The summed E-state index contributed by atoms with van der Waals surface area (Å²) < 4.78 is 10.6. The van der Waals surface area contributed by atoms with Crippen LogP contribution in [0.15, 0.2) is 0 Å². The van der Waals surface area contributed by atoms with Crippen LogP contribution in [0.2, 0.25) is 0 Å². The van der Waals surface area contributed by atoms with Crippen LogP contribution < -0.4 is 10.6 Å². The SMILES string of the molecule is CC1OCC(=O)C1NC(=O)C(CC1CCCCC1)NC(=O)OC(C)(C)C. The Labute approximate surface area is 155 Å². The highest BCUT2D eigenvalue weighted by molar-refractivity contribution is 5.94. The first-order chi connectivity index (χ1) is 12.2. The Morgan fingerprint density at radius 2 is 1.88 bits per heavy atom. The Morgan fingerprint density at radius 1 is 1.23 bits per heavy atom. The molecule has 26 heavy (non-hydrogen) atoms. The molecular weight excluding hydrogens is 336 g/mol. The summed E-state index contributed by atoms with van der Waals surface area (Å²) in [7, 11) is 0. The lowest BCUT2D eigenvalue weighted by Crippen LogP contribution is -2.54. The second-order valence-electron chi connectivity index (χ2n) is 8.41. The van der Waals surface area contributed by atoms with Gasteiger partial charge in [-0.25, -0.2) is 4.79 Å². The average molecular weight is 368 g/mol. The molecule has 1 aliphatic heterocycles. The lowest BCUT2D eigenvalue weighted by atomic mass is 9.84. The summed E-state index contributed by atoms with van der Waals surface area (Å²) in [5.74, 6) is -0.0981. The zero-order valence-electron chi connectivity index (χ0n) is 16.3. The molecule has 1 saturated heterocycles. The number of amides is 2. The molecule has 3 atom stereocenters. The summed E-state index contributed by atoms with van der Waals surface area (Å²) >= 11 is 0. The maximum Gasteiger partial charge on any atom is 0.408 e. The number of carbonyl (C=O) groups excluding carboxylic acids is 3. The molecule has 0 aromatic rings. The summed E-state index contributed by atoms with van der Waals surface area (Å²) in [5, 5.41) is 5.45. The van der Waals surface area contributed by atoms with Gasteiger partial charge in [0.15, 0.2) is 5.78 Å². The van der Waals surface area contributed by atoms with Crippen LogP contribution in [0.5, 0.6) is 0 Å². The van der Waals surface area contributed by atoms with Gasteiger partial charge in [-0.2, -0.15) is 0 Å². The van der Waals surface area contributed by atoms with Crippen molar-refractivity contribution < 1.29 is 23.9 Å². The molecule has 0 spiro atoms. The van der Waals surface area contributed by atoms with E-state index in [0.29, 0.717) is 12.3 Å². The van der Waals surface area contributed by atoms with E-state index in [2.05, 4.69) is 10.6 Å². The van der Waals surface area contributed by atoms with Crippen molar-refractivity contribution in [1.82, 2.24) is 10.6 Å². The Morgan fingerprint density at radius 3 is 2.42 bits per heavy atom. The summed E-state index contributed by atoms with van der Waals surface area (Å²) in [6, 6.07) is -1.37. The number of ketones is 1. The van der Waals surface area contributed by atoms with Crippen molar-refractivity contribution in [2.24, 2.45) is 5.92 Å². The molecule has 2 amide bonds. The van der Waals surface area contributed by atoms with Crippen LogP contribution in [0.4, 0.5) is 4.79 Å². The molecule has 0 radical (unpaired) electrons.